The fraction of sp³-hybridized carbons (Fsp3) is 0.385. The van der Waals surface area contributed by atoms with Gasteiger partial charge >= 0.3 is 5.97 Å². The van der Waals surface area contributed by atoms with E-state index in [1.165, 1.54) is 0 Å². The molecule has 0 spiro atoms. The van der Waals surface area contributed by atoms with E-state index in [-0.39, 0.29) is 0 Å². The predicted octanol–water partition coefficient (Wildman–Crippen LogP) is 2.01. The van der Waals surface area contributed by atoms with Crippen LogP contribution in [0.3, 0.4) is 0 Å². The van der Waals surface area contributed by atoms with E-state index in [2.05, 4.69) is 5.10 Å². The van der Waals surface area contributed by atoms with Crippen LogP contribution in [0, 0.1) is 20.8 Å². The minimum atomic E-state index is -0.871. The van der Waals surface area contributed by atoms with Crippen LogP contribution in [0.15, 0.2) is 18.5 Å². The van der Waals surface area contributed by atoms with Crippen LogP contribution in [0.5, 0.6) is 0 Å². The summed E-state index contributed by atoms with van der Waals surface area (Å²) in [5.74, 6) is -0.871. The van der Waals surface area contributed by atoms with Gasteiger partial charge in [0.05, 0.1) is 18.3 Å². The summed E-state index contributed by atoms with van der Waals surface area (Å²) < 4.78 is 3.88. The highest BCUT2D eigenvalue weighted by atomic mass is 16.4. The maximum Gasteiger partial charge on any atom is 0.337 e. The monoisotopic (exact) mass is 247 g/mol. The molecule has 0 atom stereocenters. The third kappa shape index (κ3) is 2.30. The summed E-state index contributed by atoms with van der Waals surface area (Å²) in [5.41, 5.74) is 3.27. The maximum atomic E-state index is 11.0. The van der Waals surface area contributed by atoms with Gasteiger partial charge in [-0.15, -0.1) is 0 Å². The molecule has 0 saturated heterocycles. The highest BCUT2D eigenvalue weighted by Gasteiger charge is 2.14. The fourth-order valence-electron chi connectivity index (χ4n) is 2.15. The molecule has 5 nitrogen and oxygen atoms in total. The van der Waals surface area contributed by atoms with Crippen molar-refractivity contribution in [3.8, 4) is 0 Å². The van der Waals surface area contributed by atoms with Gasteiger partial charge in [0.1, 0.15) is 0 Å². The lowest BCUT2D eigenvalue weighted by Crippen LogP contribution is -2.11. The first-order chi connectivity index (χ1) is 8.49. The lowest BCUT2D eigenvalue weighted by Gasteiger charge is -2.09. The summed E-state index contributed by atoms with van der Waals surface area (Å²) in [7, 11) is 0. The van der Waals surface area contributed by atoms with Crippen molar-refractivity contribution < 1.29 is 9.90 Å². The Morgan fingerprint density at radius 1 is 1.33 bits per heavy atom. The van der Waals surface area contributed by atoms with E-state index in [1.807, 2.05) is 42.4 Å². The van der Waals surface area contributed by atoms with Crippen LogP contribution in [0.2, 0.25) is 0 Å². The quantitative estimate of drug-likeness (QED) is 0.899. The Kier molecular flexibility index (Phi) is 3.23. The first-order valence-electron chi connectivity index (χ1n) is 5.88. The Hall–Kier alpha value is -2.04. The molecule has 2 aromatic heterocycles. The number of hydrogen-bond acceptors (Lipinski definition) is 2. The zero-order chi connectivity index (χ0) is 13.3. The molecule has 5 heteroatoms. The fourth-order valence-corrected chi connectivity index (χ4v) is 2.15. The van der Waals surface area contributed by atoms with Crippen molar-refractivity contribution in [3.63, 3.8) is 0 Å². The normalized spacial score (nSPS) is 10.8. The molecule has 18 heavy (non-hydrogen) atoms. The Morgan fingerprint density at radius 3 is 2.56 bits per heavy atom. The minimum absolute atomic E-state index is 0.379. The molecule has 0 amide bonds. The largest absolute Gasteiger partial charge is 0.478 e. The summed E-state index contributed by atoms with van der Waals surface area (Å²) in [6.07, 6.45) is 3.80. The smallest absolute Gasteiger partial charge is 0.337 e. The number of nitrogens with zero attached hydrogens (tertiary/aromatic N) is 3. The lowest BCUT2D eigenvalue weighted by molar-refractivity contribution is 0.0696. The number of aromatic nitrogens is 3. The Morgan fingerprint density at radius 2 is 2.06 bits per heavy atom. The zero-order valence-corrected chi connectivity index (χ0v) is 10.8. The van der Waals surface area contributed by atoms with Gasteiger partial charge < -0.3 is 9.67 Å². The highest BCUT2D eigenvalue weighted by molar-refractivity contribution is 5.89. The molecule has 0 aliphatic carbocycles. The standard InChI is InChI=1S/C13H17N3O2/c1-9-7-14-15(8-9)4-5-16-10(2)6-12(11(16)3)13(17)18/h6-8H,4-5H2,1-3H3,(H,17,18). The van der Waals surface area contributed by atoms with E-state index in [0.717, 1.165) is 30.0 Å². The molecule has 0 aliphatic heterocycles. The molecule has 0 fully saturated rings. The summed E-state index contributed by atoms with van der Waals surface area (Å²) >= 11 is 0. The zero-order valence-electron chi connectivity index (χ0n) is 10.8. The number of carboxylic acid groups (broad SMARTS) is 1. The van der Waals surface area contributed by atoms with E-state index in [0.29, 0.717) is 5.56 Å². The molecular formula is C13H17N3O2. The SMILES string of the molecule is Cc1cnn(CCn2c(C)cc(C(=O)O)c2C)c1. The number of hydrogen-bond donors (Lipinski definition) is 1. The Bertz CT molecular complexity index is 581. The van der Waals surface area contributed by atoms with Gasteiger partial charge in [-0.25, -0.2) is 4.79 Å². The summed E-state index contributed by atoms with van der Waals surface area (Å²) in [6, 6.07) is 1.71. The van der Waals surface area contributed by atoms with Crippen molar-refractivity contribution in [1.29, 1.82) is 0 Å². The van der Waals surface area contributed by atoms with Gasteiger partial charge in [-0.05, 0) is 32.4 Å². The Labute approximate surface area is 106 Å². The summed E-state index contributed by atoms with van der Waals surface area (Å²) in [6.45, 7) is 7.23. The van der Waals surface area contributed by atoms with Gasteiger partial charge in [0.25, 0.3) is 0 Å². The minimum Gasteiger partial charge on any atom is -0.478 e. The highest BCUT2D eigenvalue weighted by Crippen LogP contribution is 2.15. The average Bonchev–Trinajstić information content (AvgIpc) is 2.82. The molecule has 2 rings (SSSR count). The van der Waals surface area contributed by atoms with Crippen molar-refractivity contribution in [3.05, 3.63) is 41.0 Å². The van der Waals surface area contributed by atoms with E-state index < -0.39 is 5.97 Å². The second-order valence-corrected chi connectivity index (χ2v) is 4.52. The average molecular weight is 247 g/mol. The second kappa shape index (κ2) is 4.68. The molecule has 2 heterocycles. The van der Waals surface area contributed by atoms with Crippen LogP contribution >= 0.6 is 0 Å². The third-order valence-electron chi connectivity index (χ3n) is 3.12. The van der Waals surface area contributed by atoms with Crippen molar-refractivity contribution >= 4 is 5.97 Å². The molecule has 0 unspecified atom stereocenters. The van der Waals surface area contributed by atoms with Gasteiger partial charge in [-0.2, -0.15) is 5.10 Å². The van der Waals surface area contributed by atoms with E-state index in [4.69, 9.17) is 5.11 Å². The molecule has 1 N–H and O–H groups in total. The first-order valence-corrected chi connectivity index (χ1v) is 5.88. The van der Waals surface area contributed by atoms with Crippen molar-refractivity contribution in [2.24, 2.45) is 0 Å². The van der Waals surface area contributed by atoms with Crippen LogP contribution in [0.4, 0.5) is 0 Å². The molecule has 96 valence electrons. The van der Waals surface area contributed by atoms with E-state index >= 15 is 0 Å². The number of carbonyl (C=O) groups is 1. The number of aromatic carboxylic acids is 1. The number of carboxylic acids is 1. The molecule has 0 saturated carbocycles. The van der Waals surface area contributed by atoms with Gasteiger partial charge in [-0.3, -0.25) is 4.68 Å². The lowest BCUT2D eigenvalue weighted by atomic mass is 10.2. The van der Waals surface area contributed by atoms with Crippen LogP contribution < -0.4 is 0 Å². The maximum absolute atomic E-state index is 11.0. The number of rotatable bonds is 4. The summed E-state index contributed by atoms with van der Waals surface area (Å²) in [5, 5.41) is 13.3. The molecule has 2 aromatic rings. The van der Waals surface area contributed by atoms with Crippen LogP contribution in [0.1, 0.15) is 27.3 Å². The molecule has 0 aliphatic rings. The molecule has 0 radical (unpaired) electrons. The predicted molar refractivity (Wildman–Crippen MR) is 67.8 cm³/mol. The van der Waals surface area contributed by atoms with Crippen LogP contribution in [0.25, 0.3) is 0 Å². The van der Waals surface area contributed by atoms with Gasteiger partial charge in [0.2, 0.25) is 0 Å². The van der Waals surface area contributed by atoms with Crippen LogP contribution in [-0.2, 0) is 13.1 Å². The topological polar surface area (TPSA) is 60.0 Å². The van der Waals surface area contributed by atoms with E-state index in [9.17, 15) is 4.79 Å². The van der Waals surface area contributed by atoms with Crippen molar-refractivity contribution in [2.45, 2.75) is 33.9 Å². The van der Waals surface area contributed by atoms with Crippen molar-refractivity contribution in [1.82, 2.24) is 14.3 Å². The second-order valence-electron chi connectivity index (χ2n) is 4.52. The first kappa shape index (κ1) is 12.4. The third-order valence-corrected chi connectivity index (χ3v) is 3.12. The van der Waals surface area contributed by atoms with E-state index in [1.54, 1.807) is 6.07 Å². The van der Waals surface area contributed by atoms with Gasteiger partial charge in [0.15, 0.2) is 0 Å². The van der Waals surface area contributed by atoms with Crippen LogP contribution in [-0.4, -0.2) is 25.4 Å². The summed E-state index contributed by atoms with van der Waals surface area (Å²) in [4.78, 5) is 11.0. The number of aryl methyl sites for hydroxylation is 3. The molecule has 0 bridgehead atoms. The van der Waals surface area contributed by atoms with Gasteiger partial charge in [0, 0.05) is 24.1 Å². The Balaban J connectivity index is 2.17. The molecular weight excluding hydrogens is 230 g/mol. The molecule has 0 aromatic carbocycles. The van der Waals surface area contributed by atoms with Crippen molar-refractivity contribution in [2.75, 3.05) is 0 Å². The van der Waals surface area contributed by atoms with Gasteiger partial charge in [-0.1, -0.05) is 0 Å².